The van der Waals surface area contributed by atoms with Crippen LogP contribution in [0.1, 0.15) is 16.7 Å². The SMILES string of the molecule is COc1ccc(C)cc1S(=O)(=O)N(CC(=O)N1CCc2cc(Br)ccc21)Cc1ccccc1. The minimum Gasteiger partial charge on any atom is -0.495 e. The van der Waals surface area contributed by atoms with Crippen LogP contribution in [-0.4, -0.2) is 38.8 Å². The second kappa shape index (κ2) is 9.67. The van der Waals surface area contributed by atoms with Crippen molar-refractivity contribution in [2.45, 2.75) is 24.8 Å². The summed E-state index contributed by atoms with van der Waals surface area (Å²) in [5, 5.41) is 0. The Kier molecular flexibility index (Phi) is 6.88. The summed E-state index contributed by atoms with van der Waals surface area (Å²) < 4.78 is 35.1. The van der Waals surface area contributed by atoms with E-state index < -0.39 is 10.0 Å². The van der Waals surface area contributed by atoms with Crippen LogP contribution in [0.2, 0.25) is 0 Å². The highest BCUT2D eigenvalue weighted by Gasteiger charge is 2.33. The number of amides is 1. The van der Waals surface area contributed by atoms with E-state index in [9.17, 15) is 13.2 Å². The Morgan fingerprint density at radius 3 is 2.58 bits per heavy atom. The third-order valence-corrected chi connectivity index (χ3v) is 7.99. The zero-order chi connectivity index (χ0) is 23.6. The normalized spacial score (nSPS) is 13.3. The fourth-order valence-electron chi connectivity index (χ4n) is 4.00. The Morgan fingerprint density at radius 2 is 1.85 bits per heavy atom. The number of anilines is 1. The van der Waals surface area contributed by atoms with Crippen LogP contribution in [0.15, 0.2) is 76.1 Å². The molecule has 1 amide bonds. The van der Waals surface area contributed by atoms with Crippen LogP contribution in [-0.2, 0) is 27.8 Å². The minimum atomic E-state index is -4.02. The fraction of sp³-hybridized carbons (Fsp3) is 0.240. The van der Waals surface area contributed by atoms with Crippen molar-refractivity contribution in [1.82, 2.24) is 4.31 Å². The number of carbonyl (C=O) groups is 1. The Hall–Kier alpha value is -2.68. The molecule has 1 heterocycles. The summed E-state index contributed by atoms with van der Waals surface area (Å²) in [5.74, 6) is -0.00956. The van der Waals surface area contributed by atoms with Crippen molar-refractivity contribution in [3.05, 3.63) is 87.9 Å². The van der Waals surface area contributed by atoms with E-state index in [1.165, 1.54) is 11.4 Å². The zero-order valence-electron chi connectivity index (χ0n) is 18.5. The highest BCUT2D eigenvalue weighted by atomic mass is 79.9. The lowest BCUT2D eigenvalue weighted by atomic mass is 10.2. The largest absolute Gasteiger partial charge is 0.495 e. The van der Waals surface area contributed by atoms with Crippen LogP contribution in [0.3, 0.4) is 0 Å². The second-order valence-electron chi connectivity index (χ2n) is 7.98. The number of benzene rings is 3. The molecule has 0 saturated heterocycles. The minimum absolute atomic E-state index is 0.0551. The monoisotopic (exact) mass is 528 g/mol. The highest BCUT2D eigenvalue weighted by molar-refractivity contribution is 9.10. The van der Waals surface area contributed by atoms with E-state index in [2.05, 4.69) is 15.9 Å². The predicted octanol–water partition coefficient (Wildman–Crippen LogP) is 4.55. The molecule has 172 valence electrons. The lowest BCUT2D eigenvalue weighted by Gasteiger charge is -2.26. The van der Waals surface area contributed by atoms with Gasteiger partial charge in [-0.05, 0) is 60.4 Å². The number of fused-ring (bicyclic) bond motifs is 1. The van der Waals surface area contributed by atoms with E-state index in [4.69, 9.17) is 4.74 Å². The Morgan fingerprint density at radius 1 is 1.09 bits per heavy atom. The summed E-state index contributed by atoms with van der Waals surface area (Å²) in [6.07, 6.45) is 0.734. The lowest BCUT2D eigenvalue weighted by molar-refractivity contribution is -0.118. The molecule has 3 aromatic carbocycles. The van der Waals surface area contributed by atoms with E-state index in [-0.39, 0.29) is 29.6 Å². The van der Waals surface area contributed by atoms with Crippen LogP contribution in [0.4, 0.5) is 5.69 Å². The molecule has 1 aliphatic rings. The van der Waals surface area contributed by atoms with Crippen molar-refractivity contribution in [3.8, 4) is 5.75 Å². The Balaban J connectivity index is 1.69. The number of carbonyl (C=O) groups excluding carboxylic acids is 1. The van der Waals surface area contributed by atoms with Crippen LogP contribution in [0, 0.1) is 6.92 Å². The molecule has 8 heteroatoms. The van der Waals surface area contributed by atoms with Gasteiger partial charge in [0.25, 0.3) is 0 Å². The summed E-state index contributed by atoms with van der Waals surface area (Å²) in [6, 6.07) is 20.1. The average molecular weight is 529 g/mol. The van der Waals surface area contributed by atoms with Crippen LogP contribution < -0.4 is 9.64 Å². The van der Waals surface area contributed by atoms with Gasteiger partial charge in [0.1, 0.15) is 10.6 Å². The Bertz CT molecular complexity index is 1280. The number of ether oxygens (including phenoxy) is 1. The van der Waals surface area contributed by atoms with E-state index in [1.807, 2.05) is 55.5 Å². The van der Waals surface area contributed by atoms with Crippen molar-refractivity contribution in [2.24, 2.45) is 0 Å². The van der Waals surface area contributed by atoms with Gasteiger partial charge in [0.05, 0.1) is 13.7 Å². The quantitative estimate of drug-likeness (QED) is 0.451. The number of aryl methyl sites for hydroxylation is 1. The Labute approximate surface area is 203 Å². The maximum Gasteiger partial charge on any atom is 0.247 e. The van der Waals surface area contributed by atoms with Gasteiger partial charge in [0, 0.05) is 23.2 Å². The van der Waals surface area contributed by atoms with Gasteiger partial charge in [-0.25, -0.2) is 8.42 Å². The zero-order valence-corrected chi connectivity index (χ0v) is 20.9. The molecule has 0 aliphatic carbocycles. The molecule has 1 aliphatic heterocycles. The van der Waals surface area contributed by atoms with Crippen molar-refractivity contribution < 1.29 is 17.9 Å². The first-order valence-electron chi connectivity index (χ1n) is 10.6. The van der Waals surface area contributed by atoms with Crippen molar-refractivity contribution in [3.63, 3.8) is 0 Å². The van der Waals surface area contributed by atoms with Gasteiger partial charge in [0.2, 0.25) is 15.9 Å². The van der Waals surface area contributed by atoms with E-state index >= 15 is 0 Å². The smallest absolute Gasteiger partial charge is 0.247 e. The van der Waals surface area contributed by atoms with Crippen LogP contribution in [0.25, 0.3) is 0 Å². The molecule has 3 aromatic rings. The van der Waals surface area contributed by atoms with Gasteiger partial charge in [-0.3, -0.25) is 4.79 Å². The van der Waals surface area contributed by atoms with Crippen molar-refractivity contribution >= 4 is 37.5 Å². The van der Waals surface area contributed by atoms with Gasteiger partial charge in [0.15, 0.2) is 0 Å². The van der Waals surface area contributed by atoms with Gasteiger partial charge < -0.3 is 9.64 Å². The summed E-state index contributed by atoms with van der Waals surface area (Å²) >= 11 is 3.47. The molecule has 0 aromatic heterocycles. The number of sulfonamides is 1. The first-order chi connectivity index (χ1) is 15.8. The second-order valence-corrected chi connectivity index (χ2v) is 10.8. The van der Waals surface area contributed by atoms with E-state index in [0.29, 0.717) is 6.54 Å². The van der Waals surface area contributed by atoms with Gasteiger partial charge in [-0.1, -0.05) is 52.3 Å². The van der Waals surface area contributed by atoms with Gasteiger partial charge in [-0.2, -0.15) is 4.31 Å². The van der Waals surface area contributed by atoms with Crippen LogP contribution in [0.5, 0.6) is 5.75 Å². The van der Waals surface area contributed by atoms with E-state index in [0.717, 1.165) is 33.3 Å². The van der Waals surface area contributed by atoms with Gasteiger partial charge >= 0.3 is 0 Å². The standard InChI is InChI=1S/C25H25BrN2O4S/c1-18-8-11-23(32-2)24(14-18)33(30,31)27(16-19-6-4-3-5-7-19)17-25(29)28-13-12-20-15-21(26)9-10-22(20)28/h3-11,14-15H,12-13,16-17H2,1-2H3. The number of rotatable bonds is 7. The fourth-order valence-corrected chi connectivity index (χ4v) is 6.03. The molecule has 0 N–H and O–H groups in total. The molecule has 0 bridgehead atoms. The molecule has 0 fully saturated rings. The van der Waals surface area contributed by atoms with Crippen molar-refractivity contribution in [1.29, 1.82) is 0 Å². The molecule has 6 nitrogen and oxygen atoms in total. The molecule has 0 saturated carbocycles. The molecule has 33 heavy (non-hydrogen) atoms. The highest BCUT2D eigenvalue weighted by Crippen LogP contribution is 2.32. The first kappa shape index (κ1) is 23.5. The van der Waals surface area contributed by atoms with Gasteiger partial charge in [-0.15, -0.1) is 0 Å². The molecular weight excluding hydrogens is 504 g/mol. The molecule has 0 atom stereocenters. The van der Waals surface area contributed by atoms with Crippen molar-refractivity contribution in [2.75, 3.05) is 25.1 Å². The first-order valence-corrected chi connectivity index (χ1v) is 12.8. The summed E-state index contributed by atoms with van der Waals surface area (Å²) in [7, 11) is -2.58. The summed E-state index contributed by atoms with van der Waals surface area (Å²) in [5.41, 5.74) is 3.48. The third-order valence-electron chi connectivity index (χ3n) is 5.69. The maximum absolute atomic E-state index is 13.8. The average Bonchev–Trinajstić information content (AvgIpc) is 3.22. The lowest BCUT2D eigenvalue weighted by Crippen LogP contribution is -2.42. The summed E-state index contributed by atoms with van der Waals surface area (Å²) in [4.78, 5) is 15.1. The molecule has 0 radical (unpaired) electrons. The number of methoxy groups -OCH3 is 1. The number of nitrogens with zero attached hydrogens (tertiary/aromatic N) is 2. The maximum atomic E-state index is 13.8. The molecule has 4 rings (SSSR count). The number of halogens is 1. The third kappa shape index (κ3) is 4.98. The number of hydrogen-bond donors (Lipinski definition) is 0. The number of hydrogen-bond acceptors (Lipinski definition) is 4. The van der Waals surface area contributed by atoms with Crippen LogP contribution >= 0.6 is 15.9 Å². The molecule has 0 spiro atoms. The topological polar surface area (TPSA) is 66.9 Å². The summed E-state index contributed by atoms with van der Waals surface area (Å²) in [6.45, 7) is 2.15. The molecular formula is C25H25BrN2O4S. The predicted molar refractivity (Wildman–Crippen MR) is 132 cm³/mol. The molecule has 0 unspecified atom stereocenters. The van der Waals surface area contributed by atoms with E-state index in [1.54, 1.807) is 23.1 Å².